The Kier molecular flexibility index (Phi) is 5.44. The highest BCUT2D eigenvalue weighted by molar-refractivity contribution is 6.34. The van der Waals surface area contributed by atoms with E-state index in [0.29, 0.717) is 22.4 Å². The maximum Gasteiger partial charge on any atom is 0.144 e. The van der Waals surface area contributed by atoms with Crippen LogP contribution in [0.15, 0.2) is 30.6 Å². The van der Waals surface area contributed by atoms with Crippen LogP contribution in [-0.2, 0) is 6.61 Å². The maximum absolute atomic E-state index is 6.02. The maximum atomic E-state index is 6.02. The molecule has 0 saturated carbocycles. The van der Waals surface area contributed by atoms with E-state index in [1.807, 2.05) is 0 Å². The first kappa shape index (κ1) is 14.9. The molecule has 20 heavy (non-hydrogen) atoms. The predicted octanol–water partition coefficient (Wildman–Crippen LogP) is 4.18. The molecular formula is C14H15Cl2N3O. The van der Waals surface area contributed by atoms with Gasteiger partial charge < -0.3 is 10.1 Å². The van der Waals surface area contributed by atoms with Gasteiger partial charge in [-0.25, -0.2) is 4.98 Å². The number of ether oxygens (including phenoxy) is 1. The first-order valence-corrected chi connectivity index (χ1v) is 7.07. The molecule has 2 aromatic rings. The van der Waals surface area contributed by atoms with Crippen LogP contribution >= 0.6 is 23.2 Å². The van der Waals surface area contributed by atoms with Crippen molar-refractivity contribution < 1.29 is 4.74 Å². The van der Waals surface area contributed by atoms with E-state index in [1.54, 1.807) is 30.6 Å². The second-order valence-electron chi connectivity index (χ2n) is 4.18. The Balaban J connectivity index is 1.95. The van der Waals surface area contributed by atoms with Crippen molar-refractivity contribution in [3.8, 4) is 5.75 Å². The Hall–Kier alpha value is -1.52. The monoisotopic (exact) mass is 311 g/mol. The first-order chi connectivity index (χ1) is 9.69. The number of anilines is 1. The van der Waals surface area contributed by atoms with Gasteiger partial charge in [0.25, 0.3) is 0 Å². The van der Waals surface area contributed by atoms with Crippen molar-refractivity contribution in [3.63, 3.8) is 0 Å². The summed E-state index contributed by atoms with van der Waals surface area (Å²) in [5.74, 6) is 1.30. The third-order valence-corrected chi connectivity index (χ3v) is 3.08. The molecule has 0 bridgehead atoms. The van der Waals surface area contributed by atoms with Crippen LogP contribution < -0.4 is 10.1 Å². The molecule has 6 heteroatoms. The molecule has 0 aliphatic carbocycles. The van der Waals surface area contributed by atoms with Gasteiger partial charge in [-0.2, -0.15) is 0 Å². The third kappa shape index (κ3) is 4.25. The smallest absolute Gasteiger partial charge is 0.144 e. The minimum atomic E-state index is 0.293. The van der Waals surface area contributed by atoms with Gasteiger partial charge in [-0.05, 0) is 18.6 Å². The van der Waals surface area contributed by atoms with Crippen LogP contribution in [-0.4, -0.2) is 16.5 Å². The largest absolute Gasteiger partial charge is 0.486 e. The van der Waals surface area contributed by atoms with Gasteiger partial charge in [0.15, 0.2) is 0 Å². The number of aromatic nitrogens is 2. The van der Waals surface area contributed by atoms with Crippen molar-refractivity contribution in [2.45, 2.75) is 20.0 Å². The minimum Gasteiger partial charge on any atom is -0.486 e. The lowest BCUT2D eigenvalue weighted by Crippen LogP contribution is -2.04. The molecule has 0 fully saturated rings. The van der Waals surface area contributed by atoms with E-state index in [2.05, 4.69) is 22.2 Å². The highest BCUT2D eigenvalue weighted by Crippen LogP contribution is 2.28. The number of hydrogen-bond acceptors (Lipinski definition) is 4. The molecule has 1 heterocycles. The second kappa shape index (κ2) is 7.31. The molecule has 1 aromatic carbocycles. The highest BCUT2D eigenvalue weighted by atomic mass is 35.5. The van der Waals surface area contributed by atoms with Gasteiger partial charge in [-0.1, -0.05) is 30.1 Å². The van der Waals surface area contributed by atoms with Crippen molar-refractivity contribution in [3.05, 3.63) is 46.3 Å². The third-order valence-electron chi connectivity index (χ3n) is 2.53. The average Bonchev–Trinajstić information content (AvgIpc) is 2.47. The van der Waals surface area contributed by atoms with Gasteiger partial charge in [0.2, 0.25) is 0 Å². The number of rotatable bonds is 6. The molecule has 0 unspecified atom stereocenters. The van der Waals surface area contributed by atoms with E-state index in [4.69, 9.17) is 27.9 Å². The van der Waals surface area contributed by atoms with Crippen molar-refractivity contribution >= 4 is 29.0 Å². The number of halogens is 2. The highest BCUT2D eigenvalue weighted by Gasteiger charge is 2.04. The summed E-state index contributed by atoms with van der Waals surface area (Å²) in [6, 6.07) is 5.09. The van der Waals surface area contributed by atoms with Crippen LogP contribution in [0.3, 0.4) is 0 Å². The molecule has 1 aromatic heterocycles. The number of nitrogens with one attached hydrogen (secondary N) is 1. The molecule has 4 nitrogen and oxygen atoms in total. The standard InChI is InChI=1S/C14H15Cl2N3O/c1-2-5-17-14-8-18-11(7-19-14)9-20-13-6-10(15)3-4-12(13)16/h3-4,6-8H,2,5,9H2,1H3,(H,17,19). The molecule has 0 saturated heterocycles. The van der Waals surface area contributed by atoms with Crippen molar-refractivity contribution in [2.24, 2.45) is 0 Å². The Morgan fingerprint density at radius 3 is 2.75 bits per heavy atom. The van der Waals surface area contributed by atoms with Crippen molar-refractivity contribution in [2.75, 3.05) is 11.9 Å². The zero-order valence-electron chi connectivity index (χ0n) is 11.1. The molecular weight excluding hydrogens is 297 g/mol. The van der Waals surface area contributed by atoms with Gasteiger partial charge in [0.1, 0.15) is 18.2 Å². The summed E-state index contributed by atoms with van der Waals surface area (Å²) >= 11 is 11.9. The van der Waals surface area contributed by atoms with Crippen LogP contribution in [0.25, 0.3) is 0 Å². The van der Waals surface area contributed by atoms with Gasteiger partial charge in [0.05, 0.1) is 23.1 Å². The quantitative estimate of drug-likeness (QED) is 0.869. The molecule has 0 amide bonds. The fourth-order valence-corrected chi connectivity index (χ4v) is 1.85. The van der Waals surface area contributed by atoms with E-state index in [9.17, 15) is 0 Å². The van der Waals surface area contributed by atoms with E-state index < -0.39 is 0 Å². The van der Waals surface area contributed by atoms with Gasteiger partial charge in [0, 0.05) is 17.6 Å². The Morgan fingerprint density at radius 2 is 2.05 bits per heavy atom. The SMILES string of the molecule is CCCNc1cnc(COc2cc(Cl)ccc2Cl)cn1. The van der Waals surface area contributed by atoms with Crippen molar-refractivity contribution in [1.29, 1.82) is 0 Å². The Morgan fingerprint density at radius 1 is 1.20 bits per heavy atom. The summed E-state index contributed by atoms with van der Waals surface area (Å²) in [7, 11) is 0. The van der Waals surface area contributed by atoms with Crippen molar-refractivity contribution in [1.82, 2.24) is 9.97 Å². The zero-order valence-corrected chi connectivity index (χ0v) is 12.6. The fraction of sp³-hybridized carbons (Fsp3) is 0.286. The second-order valence-corrected chi connectivity index (χ2v) is 5.03. The van der Waals surface area contributed by atoms with Crippen LogP contribution in [0.4, 0.5) is 5.82 Å². The van der Waals surface area contributed by atoms with Crippen LogP contribution in [0.5, 0.6) is 5.75 Å². The normalized spacial score (nSPS) is 10.3. The Bertz CT molecular complexity index is 561. The summed E-state index contributed by atoms with van der Waals surface area (Å²) in [5.41, 5.74) is 0.725. The molecule has 1 N–H and O–H groups in total. The molecule has 0 atom stereocenters. The van der Waals surface area contributed by atoms with Crippen LogP contribution in [0.1, 0.15) is 19.0 Å². The summed E-state index contributed by atoms with van der Waals surface area (Å²) < 4.78 is 5.59. The minimum absolute atomic E-state index is 0.293. The van der Waals surface area contributed by atoms with E-state index in [1.165, 1.54) is 0 Å². The lowest BCUT2D eigenvalue weighted by Gasteiger charge is -2.08. The predicted molar refractivity (Wildman–Crippen MR) is 81.6 cm³/mol. The number of hydrogen-bond donors (Lipinski definition) is 1. The van der Waals surface area contributed by atoms with Gasteiger partial charge in [-0.15, -0.1) is 0 Å². The summed E-state index contributed by atoms with van der Waals surface area (Å²) in [6.07, 6.45) is 4.41. The number of benzene rings is 1. The topological polar surface area (TPSA) is 47.0 Å². The lowest BCUT2D eigenvalue weighted by molar-refractivity contribution is 0.301. The molecule has 0 aliphatic rings. The molecule has 106 valence electrons. The fourth-order valence-electron chi connectivity index (χ4n) is 1.51. The van der Waals surface area contributed by atoms with Gasteiger partial charge >= 0.3 is 0 Å². The first-order valence-electron chi connectivity index (χ1n) is 6.31. The van der Waals surface area contributed by atoms with E-state index >= 15 is 0 Å². The summed E-state index contributed by atoms with van der Waals surface area (Å²) in [5, 5.41) is 4.25. The van der Waals surface area contributed by atoms with E-state index in [-0.39, 0.29) is 0 Å². The molecule has 0 spiro atoms. The van der Waals surface area contributed by atoms with Crippen LogP contribution in [0.2, 0.25) is 10.0 Å². The lowest BCUT2D eigenvalue weighted by atomic mass is 10.3. The molecule has 0 aliphatic heterocycles. The molecule has 0 radical (unpaired) electrons. The van der Waals surface area contributed by atoms with Gasteiger partial charge in [-0.3, -0.25) is 4.98 Å². The van der Waals surface area contributed by atoms with E-state index in [0.717, 1.165) is 24.5 Å². The summed E-state index contributed by atoms with van der Waals surface area (Å²) in [6.45, 7) is 3.27. The average molecular weight is 312 g/mol. The number of nitrogens with zero attached hydrogens (tertiary/aromatic N) is 2. The van der Waals surface area contributed by atoms with Crippen LogP contribution in [0, 0.1) is 0 Å². The Labute approximate surface area is 128 Å². The zero-order chi connectivity index (χ0) is 14.4. The summed E-state index contributed by atoms with van der Waals surface area (Å²) in [4.78, 5) is 8.53. The molecule has 2 rings (SSSR count).